The summed E-state index contributed by atoms with van der Waals surface area (Å²) in [4.78, 5) is 12.7. The van der Waals surface area contributed by atoms with Gasteiger partial charge in [0.25, 0.3) is 0 Å². The number of nitrogens with zero attached hydrogens (tertiary/aromatic N) is 1. The summed E-state index contributed by atoms with van der Waals surface area (Å²) in [6, 6.07) is 3.11. The standard InChI is InChI=1S/C17H26N2O5S/c1-11(2)15(16(21)24-17(3,4)5)19-9-8-18-13-10-12(20)6-7-14(13)25(19,22)23/h6-7,10-11,15,18,20H,8-9H2,1-5H3/t15-/m1/s1. The lowest BCUT2D eigenvalue weighted by Crippen LogP contribution is -2.50. The second-order valence-electron chi connectivity index (χ2n) is 7.45. The third kappa shape index (κ3) is 4.24. The molecule has 1 atom stereocenters. The molecule has 1 aromatic rings. The van der Waals surface area contributed by atoms with Crippen LogP contribution in [0.2, 0.25) is 0 Å². The Hall–Kier alpha value is -1.80. The third-order valence-corrected chi connectivity index (χ3v) is 5.73. The van der Waals surface area contributed by atoms with Crippen LogP contribution in [0.5, 0.6) is 5.75 Å². The highest BCUT2D eigenvalue weighted by Gasteiger charge is 2.41. The van der Waals surface area contributed by atoms with Gasteiger partial charge in [-0.2, -0.15) is 4.31 Å². The maximum atomic E-state index is 13.1. The van der Waals surface area contributed by atoms with E-state index in [2.05, 4.69) is 5.32 Å². The van der Waals surface area contributed by atoms with E-state index >= 15 is 0 Å². The van der Waals surface area contributed by atoms with Gasteiger partial charge in [0.1, 0.15) is 22.3 Å². The Morgan fingerprint density at radius 1 is 1.32 bits per heavy atom. The molecule has 1 heterocycles. The van der Waals surface area contributed by atoms with Gasteiger partial charge in [-0.1, -0.05) is 13.8 Å². The number of esters is 1. The van der Waals surface area contributed by atoms with Crippen LogP contribution in [0.1, 0.15) is 34.6 Å². The highest BCUT2D eigenvalue weighted by atomic mass is 32.2. The highest BCUT2D eigenvalue weighted by molar-refractivity contribution is 7.89. The van der Waals surface area contributed by atoms with Crippen LogP contribution in [0.3, 0.4) is 0 Å². The van der Waals surface area contributed by atoms with Crippen molar-refractivity contribution in [1.82, 2.24) is 4.31 Å². The molecule has 1 aliphatic heterocycles. The van der Waals surface area contributed by atoms with Gasteiger partial charge >= 0.3 is 5.97 Å². The largest absolute Gasteiger partial charge is 0.508 e. The van der Waals surface area contributed by atoms with E-state index < -0.39 is 27.6 Å². The molecule has 140 valence electrons. The molecule has 0 fully saturated rings. The normalized spacial score (nSPS) is 18.8. The molecule has 0 bridgehead atoms. The number of benzene rings is 1. The van der Waals surface area contributed by atoms with E-state index in [0.717, 1.165) is 0 Å². The summed E-state index contributed by atoms with van der Waals surface area (Å²) in [5, 5.41) is 12.6. The van der Waals surface area contributed by atoms with Crippen molar-refractivity contribution in [3.05, 3.63) is 18.2 Å². The van der Waals surface area contributed by atoms with Crippen LogP contribution >= 0.6 is 0 Å². The SMILES string of the molecule is CC(C)[C@H](C(=O)OC(C)(C)C)N1CCNc2cc(O)ccc2S1(=O)=O. The smallest absolute Gasteiger partial charge is 0.325 e. The van der Waals surface area contributed by atoms with E-state index in [1.807, 2.05) is 0 Å². The number of rotatable bonds is 3. The second-order valence-corrected chi connectivity index (χ2v) is 9.30. The highest BCUT2D eigenvalue weighted by Crippen LogP contribution is 2.33. The predicted molar refractivity (Wildman–Crippen MR) is 95.0 cm³/mol. The molecule has 1 aromatic carbocycles. The number of nitrogens with one attached hydrogen (secondary N) is 1. The number of hydrogen-bond acceptors (Lipinski definition) is 6. The molecular formula is C17H26N2O5S. The fourth-order valence-electron chi connectivity index (χ4n) is 2.80. The summed E-state index contributed by atoms with van der Waals surface area (Å²) in [6.07, 6.45) is 0. The molecule has 2 N–H and O–H groups in total. The quantitative estimate of drug-likeness (QED) is 0.792. The Balaban J connectivity index is 2.48. The molecule has 0 aromatic heterocycles. The molecule has 0 aliphatic carbocycles. The zero-order valence-corrected chi connectivity index (χ0v) is 16.1. The van der Waals surface area contributed by atoms with E-state index in [0.29, 0.717) is 12.2 Å². The Morgan fingerprint density at radius 2 is 1.96 bits per heavy atom. The van der Waals surface area contributed by atoms with Crippen LogP contribution in [0.4, 0.5) is 5.69 Å². The molecule has 8 heteroatoms. The number of carbonyl (C=O) groups is 1. The van der Waals surface area contributed by atoms with Gasteiger partial charge < -0.3 is 15.2 Å². The first-order chi connectivity index (χ1) is 11.4. The molecule has 0 saturated heterocycles. The summed E-state index contributed by atoms with van der Waals surface area (Å²) in [5.41, 5.74) is -0.379. The number of phenolic OH excluding ortho intramolecular Hbond substituents is 1. The van der Waals surface area contributed by atoms with E-state index in [-0.39, 0.29) is 23.1 Å². The molecule has 0 unspecified atom stereocenters. The topological polar surface area (TPSA) is 95.9 Å². The number of carbonyl (C=O) groups excluding carboxylic acids is 1. The fourth-order valence-corrected chi connectivity index (χ4v) is 4.66. The van der Waals surface area contributed by atoms with Gasteiger partial charge in [-0.25, -0.2) is 8.42 Å². The first-order valence-electron chi connectivity index (χ1n) is 8.25. The number of anilines is 1. The number of fused-ring (bicyclic) bond motifs is 1. The lowest BCUT2D eigenvalue weighted by atomic mass is 10.0. The van der Waals surface area contributed by atoms with Crippen LogP contribution in [0.15, 0.2) is 23.1 Å². The minimum Gasteiger partial charge on any atom is -0.508 e. The van der Waals surface area contributed by atoms with Crippen molar-refractivity contribution in [3.8, 4) is 5.75 Å². The van der Waals surface area contributed by atoms with Crippen molar-refractivity contribution < 1.29 is 23.1 Å². The van der Waals surface area contributed by atoms with Gasteiger partial charge in [-0.3, -0.25) is 4.79 Å². The van der Waals surface area contributed by atoms with Crippen molar-refractivity contribution in [2.24, 2.45) is 5.92 Å². The first kappa shape index (κ1) is 19.5. The van der Waals surface area contributed by atoms with Gasteiger partial charge in [-0.05, 0) is 38.8 Å². The molecule has 2 rings (SSSR count). The van der Waals surface area contributed by atoms with E-state index in [1.165, 1.54) is 22.5 Å². The summed E-state index contributed by atoms with van der Waals surface area (Å²) in [6.45, 7) is 9.28. The molecule has 1 aliphatic rings. The minimum absolute atomic E-state index is 0.0255. The first-order valence-corrected chi connectivity index (χ1v) is 9.69. The molecule has 0 amide bonds. The van der Waals surface area contributed by atoms with Crippen LogP contribution in [0, 0.1) is 5.92 Å². The molecule has 7 nitrogen and oxygen atoms in total. The minimum atomic E-state index is -3.92. The number of ether oxygens (including phenoxy) is 1. The van der Waals surface area contributed by atoms with Gasteiger partial charge in [0.05, 0.1) is 5.69 Å². The Kier molecular flexibility index (Phi) is 5.34. The van der Waals surface area contributed by atoms with Crippen LogP contribution in [0.25, 0.3) is 0 Å². The van der Waals surface area contributed by atoms with Crippen LogP contribution < -0.4 is 5.32 Å². The lowest BCUT2D eigenvalue weighted by molar-refractivity contribution is -0.161. The van der Waals surface area contributed by atoms with Gasteiger partial charge in [-0.15, -0.1) is 0 Å². The number of hydrogen-bond donors (Lipinski definition) is 2. The fraction of sp³-hybridized carbons (Fsp3) is 0.588. The average molecular weight is 370 g/mol. The van der Waals surface area contributed by atoms with Gasteiger partial charge in [0, 0.05) is 19.2 Å². The maximum absolute atomic E-state index is 13.1. The van der Waals surface area contributed by atoms with Crippen molar-refractivity contribution in [3.63, 3.8) is 0 Å². The molecule has 0 spiro atoms. The monoisotopic (exact) mass is 370 g/mol. The van der Waals surface area contributed by atoms with E-state index in [1.54, 1.807) is 34.6 Å². The van der Waals surface area contributed by atoms with Crippen molar-refractivity contribution in [1.29, 1.82) is 0 Å². The van der Waals surface area contributed by atoms with Crippen LogP contribution in [-0.4, -0.2) is 48.5 Å². The molecule has 0 saturated carbocycles. The number of phenols is 1. The molecule has 25 heavy (non-hydrogen) atoms. The maximum Gasteiger partial charge on any atom is 0.325 e. The Morgan fingerprint density at radius 3 is 2.52 bits per heavy atom. The third-order valence-electron chi connectivity index (χ3n) is 3.79. The van der Waals surface area contributed by atoms with Crippen molar-refractivity contribution in [2.45, 2.75) is 51.2 Å². The lowest BCUT2D eigenvalue weighted by Gasteiger charge is -2.33. The second kappa shape index (κ2) is 6.84. The van der Waals surface area contributed by atoms with Crippen LogP contribution in [-0.2, 0) is 19.6 Å². The number of sulfonamides is 1. The predicted octanol–water partition coefficient (Wildman–Crippen LogP) is 2.17. The van der Waals surface area contributed by atoms with Crippen molar-refractivity contribution in [2.75, 3.05) is 18.4 Å². The van der Waals surface area contributed by atoms with E-state index in [4.69, 9.17) is 4.74 Å². The zero-order valence-electron chi connectivity index (χ0n) is 15.2. The summed E-state index contributed by atoms with van der Waals surface area (Å²) < 4.78 is 32.9. The molecular weight excluding hydrogens is 344 g/mol. The number of aromatic hydroxyl groups is 1. The summed E-state index contributed by atoms with van der Waals surface area (Å²) >= 11 is 0. The summed E-state index contributed by atoms with van der Waals surface area (Å²) in [7, 11) is -3.92. The van der Waals surface area contributed by atoms with E-state index in [9.17, 15) is 18.3 Å². The zero-order chi connectivity index (χ0) is 19.0. The molecule has 0 radical (unpaired) electrons. The van der Waals surface area contributed by atoms with Gasteiger partial charge in [0.15, 0.2) is 0 Å². The van der Waals surface area contributed by atoms with Gasteiger partial charge in [0.2, 0.25) is 10.0 Å². The Labute approximate surface area is 149 Å². The summed E-state index contributed by atoms with van der Waals surface area (Å²) in [5.74, 6) is -0.848. The Bertz CT molecular complexity index is 753. The average Bonchev–Trinajstić information content (AvgIpc) is 2.54. The van der Waals surface area contributed by atoms with Crippen molar-refractivity contribution >= 4 is 21.7 Å².